The second-order valence-electron chi connectivity index (χ2n) is 4.07. The maximum atomic E-state index is 10.8. The molecule has 1 aliphatic heterocycles. The van der Waals surface area contributed by atoms with Crippen molar-refractivity contribution in [1.82, 2.24) is 4.57 Å². The second-order valence-corrected chi connectivity index (χ2v) is 4.07. The summed E-state index contributed by atoms with van der Waals surface area (Å²) in [6.07, 6.45) is 5.41. The fourth-order valence-electron chi connectivity index (χ4n) is 2.31. The van der Waals surface area contributed by atoms with Gasteiger partial charge in [-0.15, -0.1) is 0 Å². The molecule has 82 valence electrons. The van der Waals surface area contributed by atoms with Crippen molar-refractivity contribution >= 4 is 6.29 Å². The van der Waals surface area contributed by atoms with Gasteiger partial charge < -0.3 is 9.30 Å². The second kappa shape index (κ2) is 4.62. The monoisotopic (exact) mass is 207 g/mol. The molecule has 3 nitrogen and oxygen atoms in total. The predicted octanol–water partition coefficient (Wildman–Crippen LogP) is 2.12. The van der Waals surface area contributed by atoms with Crippen LogP contribution >= 0.6 is 0 Å². The van der Waals surface area contributed by atoms with Gasteiger partial charge in [-0.2, -0.15) is 0 Å². The Labute approximate surface area is 90.0 Å². The number of aromatic nitrogens is 1. The van der Waals surface area contributed by atoms with Crippen molar-refractivity contribution in [3.8, 4) is 0 Å². The lowest BCUT2D eigenvalue weighted by Crippen LogP contribution is -2.20. The molecule has 0 aliphatic carbocycles. The fourth-order valence-corrected chi connectivity index (χ4v) is 2.31. The zero-order valence-electron chi connectivity index (χ0n) is 9.06. The van der Waals surface area contributed by atoms with E-state index in [9.17, 15) is 4.79 Å². The van der Waals surface area contributed by atoms with Crippen LogP contribution in [0.1, 0.15) is 30.3 Å². The van der Waals surface area contributed by atoms with Crippen LogP contribution in [-0.4, -0.2) is 23.6 Å². The van der Waals surface area contributed by atoms with Gasteiger partial charge in [-0.05, 0) is 25.0 Å². The lowest BCUT2D eigenvalue weighted by molar-refractivity contribution is 0.0831. The molecule has 0 bridgehead atoms. The van der Waals surface area contributed by atoms with Gasteiger partial charge in [0.25, 0.3) is 0 Å². The molecule has 0 amide bonds. The Bertz CT molecular complexity index is 332. The van der Waals surface area contributed by atoms with Crippen molar-refractivity contribution in [1.29, 1.82) is 0 Å². The topological polar surface area (TPSA) is 31.2 Å². The zero-order chi connectivity index (χ0) is 10.7. The lowest BCUT2D eigenvalue weighted by atomic mass is 9.99. The molecule has 2 rings (SSSR count). The number of rotatable bonds is 4. The third-order valence-corrected chi connectivity index (χ3v) is 3.17. The minimum absolute atomic E-state index is 0.368. The summed E-state index contributed by atoms with van der Waals surface area (Å²) >= 11 is 0. The highest BCUT2D eigenvalue weighted by atomic mass is 16.5. The van der Waals surface area contributed by atoms with Crippen LogP contribution in [0.3, 0.4) is 0 Å². The Balaban J connectivity index is 2.04. The van der Waals surface area contributed by atoms with Crippen LogP contribution in [0.25, 0.3) is 0 Å². The first-order chi connectivity index (χ1) is 7.35. The van der Waals surface area contributed by atoms with E-state index >= 15 is 0 Å². The van der Waals surface area contributed by atoms with Crippen LogP contribution < -0.4 is 0 Å². The third kappa shape index (κ3) is 2.12. The third-order valence-electron chi connectivity index (χ3n) is 3.17. The zero-order valence-corrected chi connectivity index (χ0v) is 9.06. The number of carbonyl (C=O) groups is 1. The Morgan fingerprint density at radius 2 is 2.53 bits per heavy atom. The molecule has 1 aliphatic rings. The van der Waals surface area contributed by atoms with E-state index in [2.05, 4.69) is 6.92 Å². The molecule has 0 N–H and O–H groups in total. The van der Waals surface area contributed by atoms with Gasteiger partial charge in [0.15, 0.2) is 6.29 Å². The molecule has 2 heterocycles. The Hall–Kier alpha value is -1.09. The van der Waals surface area contributed by atoms with Gasteiger partial charge in [0.2, 0.25) is 0 Å². The van der Waals surface area contributed by atoms with Crippen molar-refractivity contribution in [2.75, 3.05) is 6.61 Å². The summed E-state index contributed by atoms with van der Waals surface area (Å²) in [4.78, 5) is 10.8. The maximum absolute atomic E-state index is 10.8. The van der Waals surface area contributed by atoms with Gasteiger partial charge in [-0.3, -0.25) is 4.79 Å². The quantitative estimate of drug-likeness (QED) is 0.708. The first kappa shape index (κ1) is 10.4. The van der Waals surface area contributed by atoms with E-state index in [0.717, 1.165) is 38.0 Å². The molecule has 0 aromatic carbocycles. The summed E-state index contributed by atoms with van der Waals surface area (Å²) in [5.41, 5.74) is 0.761. The maximum Gasteiger partial charge on any atom is 0.166 e. The predicted molar refractivity (Wildman–Crippen MR) is 58.0 cm³/mol. The molecule has 0 saturated carbocycles. The molecule has 0 spiro atoms. The molecular weight excluding hydrogens is 190 g/mol. The summed E-state index contributed by atoms with van der Waals surface area (Å²) in [5, 5.41) is 0. The molecule has 1 aromatic rings. The number of carbonyl (C=O) groups excluding carboxylic acids is 1. The number of hydrogen-bond donors (Lipinski definition) is 0. The van der Waals surface area contributed by atoms with Crippen LogP contribution in [0.5, 0.6) is 0 Å². The Kier molecular flexibility index (Phi) is 3.21. The molecule has 2 unspecified atom stereocenters. The minimum Gasteiger partial charge on any atom is -0.378 e. The highest BCUT2D eigenvalue weighted by Crippen LogP contribution is 2.25. The van der Waals surface area contributed by atoms with Gasteiger partial charge in [0.05, 0.1) is 11.8 Å². The average molecular weight is 207 g/mol. The molecule has 1 fully saturated rings. The standard InChI is InChI=1S/C12H17NO2/c1-2-12-10(5-7-15-12)8-13-6-3-4-11(13)9-14/h3-4,6,9-10,12H,2,5,7-8H2,1H3. The average Bonchev–Trinajstić information content (AvgIpc) is 2.87. The van der Waals surface area contributed by atoms with Crippen molar-refractivity contribution in [2.24, 2.45) is 5.92 Å². The molecule has 15 heavy (non-hydrogen) atoms. The SMILES string of the molecule is CCC1OCCC1Cn1cccc1C=O. The highest BCUT2D eigenvalue weighted by molar-refractivity contribution is 5.72. The van der Waals surface area contributed by atoms with Crippen LogP contribution in [0.2, 0.25) is 0 Å². The number of aldehydes is 1. The summed E-state index contributed by atoms with van der Waals surface area (Å²) in [6, 6.07) is 3.77. The van der Waals surface area contributed by atoms with Gasteiger partial charge in [-0.25, -0.2) is 0 Å². The first-order valence-electron chi connectivity index (χ1n) is 5.57. The van der Waals surface area contributed by atoms with E-state index in [4.69, 9.17) is 4.74 Å². The summed E-state index contributed by atoms with van der Waals surface area (Å²) in [7, 11) is 0. The molecular formula is C12H17NO2. The van der Waals surface area contributed by atoms with E-state index < -0.39 is 0 Å². The molecule has 3 heteroatoms. The van der Waals surface area contributed by atoms with E-state index in [1.165, 1.54) is 0 Å². The van der Waals surface area contributed by atoms with Crippen LogP contribution in [-0.2, 0) is 11.3 Å². The van der Waals surface area contributed by atoms with Crippen LogP contribution in [0.15, 0.2) is 18.3 Å². The lowest BCUT2D eigenvalue weighted by Gasteiger charge is -2.18. The van der Waals surface area contributed by atoms with Gasteiger partial charge in [0, 0.05) is 25.3 Å². The summed E-state index contributed by atoms with van der Waals surface area (Å²) < 4.78 is 7.66. The van der Waals surface area contributed by atoms with Gasteiger partial charge in [0.1, 0.15) is 0 Å². The minimum atomic E-state index is 0.368. The summed E-state index contributed by atoms with van der Waals surface area (Å²) in [6.45, 7) is 3.92. The summed E-state index contributed by atoms with van der Waals surface area (Å²) in [5.74, 6) is 0.557. The van der Waals surface area contributed by atoms with E-state index in [1.807, 2.05) is 22.9 Å². The van der Waals surface area contributed by atoms with Gasteiger partial charge in [-0.1, -0.05) is 6.92 Å². The number of hydrogen-bond acceptors (Lipinski definition) is 2. The Morgan fingerprint density at radius 1 is 1.67 bits per heavy atom. The molecule has 0 radical (unpaired) electrons. The van der Waals surface area contributed by atoms with Crippen LogP contribution in [0.4, 0.5) is 0 Å². The van der Waals surface area contributed by atoms with E-state index in [1.54, 1.807) is 0 Å². The fraction of sp³-hybridized carbons (Fsp3) is 0.583. The highest BCUT2D eigenvalue weighted by Gasteiger charge is 2.27. The van der Waals surface area contributed by atoms with E-state index in [0.29, 0.717) is 12.0 Å². The first-order valence-corrected chi connectivity index (χ1v) is 5.57. The number of nitrogens with zero attached hydrogens (tertiary/aromatic N) is 1. The normalized spacial score (nSPS) is 25.7. The van der Waals surface area contributed by atoms with E-state index in [-0.39, 0.29) is 0 Å². The van der Waals surface area contributed by atoms with Crippen LogP contribution in [0, 0.1) is 5.92 Å². The largest absolute Gasteiger partial charge is 0.378 e. The molecule has 1 aromatic heterocycles. The van der Waals surface area contributed by atoms with Crippen molar-refractivity contribution in [3.05, 3.63) is 24.0 Å². The molecule has 2 atom stereocenters. The van der Waals surface area contributed by atoms with Crippen molar-refractivity contribution in [3.63, 3.8) is 0 Å². The van der Waals surface area contributed by atoms with Crippen molar-refractivity contribution < 1.29 is 9.53 Å². The smallest absolute Gasteiger partial charge is 0.166 e. The Morgan fingerprint density at radius 3 is 3.27 bits per heavy atom. The number of ether oxygens (including phenoxy) is 1. The molecule has 1 saturated heterocycles. The van der Waals surface area contributed by atoms with Crippen molar-refractivity contribution in [2.45, 2.75) is 32.4 Å². The van der Waals surface area contributed by atoms with Gasteiger partial charge >= 0.3 is 0 Å².